The zero-order valence-corrected chi connectivity index (χ0v) is 16.5. The molecule has 28 heavy (non-hydrogen) atoms. The second-order valence-corrected chi connectivity index (χ2v) is 8.09. The van der Waals surface area contributed by atoms with Crippen molar-refractivity contribution in [1.82, 2.24) is 10.2 Å². The number of guanidine groups is 1. The van der Waals surface area contributed by atoms with E-state index in [2.05, 4.69) is 15.0 Å². The van der Waals surface area contributed by atoms with E-state index in [-0.39, 0.29) is 22.9 Å². The number of aliphatic imine (C=N–C) groups is 1. The van der Waals surface area contributed by atoms with Crippen LogP contribution in [0.1, 0.15) is 5.56 Å². The fourth-order valence-electron chi connectivity index (χ4n) is 2.55. The summed E-state index contributed by atoms with van der Waals surface area (Å²) < 4.78 is 53.3. The number of benzene rings is 2. The molecule has 0 aliphatic carbocycles. The Labute approximate surface area is 163 Å². The SMILES string of the molecule is CN=C(NCCS(=O)(=O)c1ccccc1)N(C)Cc1ccc(OC(F)F)cc1. The Morgan fingerprint density at radius 3 is 2.36 bits per heavy atom. The van der Waals surface area contributed by atoms with Gasteiger partial charge in [-0.2, -0.15) is 8.78 Å². The lowest BCUT2D eigenvalue weighted by Gasteiger charge is -2.22. The highest BCUT2D eigenvalue weighted by molar-refractivity contribution is 7.91. The van der Waals surface area contributed by atoms with Gasteiger partial charge in [-0.15, -0.1) is 0 Å². The quantitative estimate of drug-likeness (QED) is 0.534. The predicted octanol–water partition coefficient (Wildman–Crippen LogP) is 2.77. The lowest BCUT2D eigenvalue weighted by atomic mass is 10.2. The zero-order chi connectivity index (χ0) is 20.6. The molecule has 0 aliphatic heterocycles. The molecule has 0 spiro atoms. The Morgan fingerprint density at radius 1 is 1.14 bits per heavy atom. The van der Waals surface area contributed by atoms with Crippen molar-refractivity contribution in [2.75, 3.05) is 26.4 Å². The third kappa shape index (κ3) is 6.49. The minimum Gasteiger partial charge on any atom is -0.435 e. The second-order valence-electron chi connectivity index (χ2n) is 5.98. The number of hydrogen-bond donors (Lipinski definition) is 1. The molecule has 152 valence electrons. The van der Waals surface area contributed by atoms with Crippen molar-refractivity contribution < 1.29 is 21.9 Å². The number of ether oxygens (including phenoxy) is 1. The monoisotopic (exact) mass is 411 g/mol. The Kier molecular flexibility index (Phi) is 7.74. The summed E-state index contributed by atoms with van der Waals surface area (Å²) in [6.07, 6.45) is 0. The molecular weight excluding hydrogens is 388 g/mol. The van der Waals surface area contributed by atoms with Gasteiger partial charge in [0.1, 0.15) is 5.75 Å². The first-order chi connectivity index (χ1) is 13.3. The van der Waals surface area contributed by atoms with E-state index in [1.807, 2.05) is 0 Å². The Bertz CT molecular complexity index is 873. The smallest absolute Gasteiger partial charge is 0.387 e. The lowest BCUT2D eigenvalue weighted by molar-refractivity contribution is -0.0498. The van der Waals surface area contributed by atoms with Crippen LogP contribution in [0.15, 0.2) is 64.5 Å². The maximum atomic E-state index is 12.3. The molecule has 0 radical (unpaired) electrons. The van der Waals surface area contributed by atoms with Gasteiger partial charge in [0.15, 0.2) is 15.8 Å². The van der Waals surface area contributed by atoms with Gasteiger partial charge in [-0.1, -0.05) is 30.3 Å². The third-order valence-electron chi connectivity index (χ3n) is 3.90. The fourth-order valence-corrected chi connectivity index (χ4v) is 3.73. The molecule has 0 atom stereocenters. The van der Waals surface area contributed by atoms with Crippen LogP contribution in [0.2, 0.25) is 0 Å². The van der Waals surface area contributed by atoms with Gasteiger partial charge in [-0.05, 0) is 29.8 Å². The zero-order valence-electron chi connectivity index (χ0n) is 15.7. The van der Waals surface area contributed by atoms with E-state index >= 15 is 0 Å². The molecule has 0 saturated heterocycles. The van der Waals surface area contributed by atoms with Crippen LogP contribution < -0.4 is 10.1 Å². The van der Waals surface area contributed by atoms with Crippen molar-refractivity contribution in [3.05, 3.63) is 60.2 Å². The molecule has 1 N–H and O–H groups in total. The number of halogens is 2. The van der Waals surface area contributed by atoms with Gasteiger partial charge in [0.25, 0.3) is 0 Å². The number of alkyl halides is 2. The summed E-state index contributed by atoms with van der Waals surface area (Å²) in [5.74, 6) is 0.551. The van der Waals surface area contributed by atoms with E-state index in [1.54, 1.807) is 61.5 Å². The first kappa shape index (κ1) is 21.6. The summed E-state index contributed by atoms with van der Waals surface area (Å²) in [6.45, 7) is -2.20. The van der Waals surface area contributed by atoms with Crippen molar-refractivity contribution in [3.8, 4) is 5.75 Å². The fraction of sp³-hybridized carbons (Fsp3) is 0.316. The van der Waals surface area contributed by atoms with Gasteiger partial charge in [0.2, 0.25) is 0 Å². The molecule has 2 aromatic carbocycles. The molecule has 0 aromatic heterocycles. The van der Waals surface area contributed by atoms with E-state index in [0.717, 1.165) is 5.56 Å². The molecule has 0 aliphatic rings. The normalized spacial score (nSPS) is 12.1. The Morgan fingerprint density at radius 2 is 1.79 bits per heavy atom. The summed E-state index contributed by atoms with van der Waals surface area (Å²) in [5.41, 5.74) is 0.865. The van der Waals surface area contributed by atoms with E-state index in [1.165, 1.54) is 12.1 Å². The van der Waals surface area contributed by atoms with Crippen LogP contribution in [-0.4, -0.2) is 52.3 Å². The first-order valence-electron chi connectivity index (χ1n) is 8.55. The van der Waals surface area contributed by atoms with Gasteiger partial charge in [-0.3, -0.25) is 4.99 Å². The lowest BCUT2D eigenvalue weighted by Crippen LogP contribution is -2.40. The van der Waals surface area contributed by atoms with Crippen LogP contribution in [0.25, 0.3) is 0 Å². The highest BCUT2D eigenvalue weighted by Gasteiger charge is 2.14. The summed E-state index contributed by atoms with van der Waals surface area (Å²) in [4.78, 5) is 6.23. The van der Waals surface area contributed by atoms with Crippen molar-refractivity contribution in [2.24, 2.45) is 4.99 Å². The number of hydrogen-bond acceptors (Lipinski definition) is 4. The minimum absolute atomic E-state index is 0.0659. The molecule has 0 amide bonds. The third-order valence-corrected chi connectivity index (χ3v) is 5.63. The molecule has 0 saturated carbocycles. The van der Waals surface area contributed by atoms with E-state index < -0.39 is 16.4 Å². The van der Waals surface area contributed by atoms with Gasteiger partial charge >= 0.3 is 6.61 Å². The van der Waals surface area contributed by atoms with Crippen LogP contribution in [0, 0.1) is 0 Å². The standard InChI is InChI=1S/C19H23F2N3O3S/c1-22-19(23-12-13-28(25,26)17-6-4-3-5-7-17)24(2)14-15-8-10-16(11-9-15)27-18(20)21/h3-11,18H,12-14H2,1-2H3,(H,22,23). The molecule has 2 aromatic rings. The molecule has 2 rings (SSSR count). The minimum atomic E-state index is -3.37. The molecular formula is C19H23F2N3O3S. The summed E-state index contributed by atoms with van der Waals surface area (Å²) in [5, 5.41) is 3.03. The van der Waals surface area contributed by atoms with Crippen molar-refractivity contribution >= 4 is 15.8 Å². The van der Waals surface area contributed by atoms with Crippen LogP contribution in [0.5, 0.6) is 5.75 Å². The number of nitrogens with one attached hydrogen (secondary N) is 1. The molecule has 0 bridgehead atoms. The first-order valence-corrected chi connectivity index (χ1v) is 10.2. The Hall–Kier alpha value is -2.68. The number of rotatable bonds is 8. The van der Waals surface area contributed by atoms with Crippen molar-refractivity contribution in [1.29, 1.82) is 0 Å². The van der Waals surface area contributed by atoms with Gasteiger partial charge in [0, 0.05) is 27.2 Å². The molecule has 0 unspecified atom stereocenters. The molecule has 0 heterocycles. The Balaban J connectivity index is 1.89. The average Bonchev–Trinajstić information content (AvgIpc) is 2.67. The predicted molar refractivity (Wildman–Crippen MR) is 104 cm³/mol. The average molecular weight is 411 g/mol. The summed E-state index contributed by atoms with van der Waals surface area (Å²) in [7, 11) is 0.0228. The number of nitrogens with zero attached hydrogens (tertiary/aromatic N) is 2. The van der Waals surface area contributed by atoms with Crippen LogP contribution in [0.3, 0.4) is 0 Å². The van der Waals surface area contributed by atoms with Gasteiger partial charge in [0.05, 0.1) is 10.6 Å². The van der Waals surface area contributed by atoms with Gasteiger partial charge in [-0.25, -0.2) is 8.42 Å². The van der Waals surface area contributed by atoms with Gasteiger partial charge < -0.3 is 15.0 Å². The maximum absolute atomic E-state index is 12.3. The highest BCUT2D eigenvalue weighted by atomic mass is 32.2. The topological polar surface area (TPSA) is 71.0 Å². The van der Waals surface area contributed by atoms with E-state index in [4.69, 9.17) is 0 Å². The number of sulfone groups is 1. The molecule has 0 fully saturated rings. The second kappa shape index (κ2) is 10.0. The van der Waals surface area contributed by atoms with Crippen molar-refractivity contribution in [2.45, 2.75) is 18.1 Å². The molecule has 6 nitrogen and oxygen atoms in total. The maximum Gasteiger partial charge on any atom is 0.387 e. The van der Waals surface area contributed by atoms with Crippen LogP contribution in [0.4, 0.5) is 8.78 Å². The van der Waals surface area contributed by atoms with Crippen LogP contribution >= 0.6 is 0 Å². The van der Waals surface area contributed by atoms with E-state index in [9.17, 15) is 17.2 Å². The summed E-state index contributed by atoms with van der Waals surface area (Å²) >= 11 is 0. The van der Waals surface area contributed by atoms with Crippen LogP contribution in [-0.2, 0) is 16.4 Å². The molecule has 9 heteroatoms. The van der Waals surface area contributed by atoms with Crippen molar-refractivity contribution in [3.63, 3.8) is 0 Å². The van der Waals surface area contributed by atoms with E-state index in [0.29, 0.717) is 12.5 Å². The largest absolute Gasteiger partial charge is 0.435 e. The highest BCUT2D eigenvalue weighted by Crippen LogP contribution is 2.16. The summed E-state index contributed by atoms with van der Waals surface area (Å²) in [6, 6.07) is 14.6.